The summed E-state index contributed by atoms with van der Waals surface area (Å²) < 4.78 is 0. The first kappa shape index (κ1) is 9.21. The highest BCUT2D eigenvalue weighted by molar-refractivity contribution is 5.75. The average molecular weight is 140 g/mol. The number of hydrogen-bond donors (Lipinski definition) is 2. The fraction of sp³-hybridized carbons (Fsp3) is 0.625. The van der Waals surface area contributed by atoms with Gasteiger partial charge in [0, 0.05) is 19.5 Å². The molecule has 0 atom stereocenters. The Labute approximate surface area is 62.8 Å². The van der Waals surface area contributed by atoms with Crippen LogP contribution in [0.25, 0.3) is 0 Å². The Hall–Kier alpha value is -0.790. The highest BCUT2D eigenvalue weighted by Crippen LogP contribution is 2.06. The summed E-state index contributed by atoms with van der Waals surface area (Å²) >= 11 is 0. The summed E-state index contributed by atoms with van der Waals surface area (Å²) in [6, 6.07) is 0. The van der Waals surface area contributed by atoms with Gasteiger partial charge in [0.25, 0.3) is 0 Å². The molecule has 0 aromatic carbocycles. The summed E-state index contributed by atoms with van der Waals surface area (Å²) in [7, 11) is 1.85. The van der Waals surface area contributed by atoms with Crippen LogP contribution in [0.3, 0.4) is 0 Å². The molecule has 0 aliphatic rings. The van der Waals surface area contributed by atoms with Crippen LogP contribution in [0.15, 0.2) is 11.8 Å². The fourth-order valence-corrected chi connectivity index (χ4v) is 0.816. The van der Waals surface area contributed by atoms with Crippen molar-refractivity contribution in [3.05, 3.63) is 11.8 Å². The monoisotopic (exact) mass is 140 g/mol. The smallest absolute Gasteiger partial charge is 0.0224 e. The van der Waals surface area contributed by atoms with E-state index in [4.69, 9.17) is 5.41 Å². The molecular formula is C8H16N2. The second-order valence-electron chi connectivity index (χ2n) is 2.75. The Bertz CT molecular complexity index is 125. The summed E-state index contributed by atoms with van der Waals surface area (Å²) in [4.78, 5) is 0. The number of nitrogens with one attached hydrogen (secondary N) is 2. The molecule has 0 aliphatic carbocycles. The van der Waals surface area contributed by atoms with Gasteiger partial charge in [0.05, 0.1) is 0 Å². The standard InChI is InChI=1S/C8H16N2/c1-7(2)4-8(5-9)6-10-3/h5-7,9-10H,4H2,1-3H3/b8-6-,9-5?. The molecule has 0 heterocycles. The van der Waals surface area contributed by atoms with Gasteiger partial charge in [-0.25, -0.2) is 0 Å². The van der Waals surface area contributed by atoms with Crippen LogP contribution in [0.2, 0.25) is 0 Å². The van der Waals surface area contributed by atoms with Crippen LogP contribution in [-0.2, 0) is 0 Å². The van der Waals surface area contributed by atoms with Gasteiger partial charge in [0.1, 0.15) is 0 Å². The zero-order valence-corrected chi connectivity index (χ0v) is 6.94. The minimum atomic E-state index is 0.626. The molecule has 10 heavy (non-hydrogen) atoms. The molecule has 0 spiro atoms. The van der Waals surface area contributed by atoms with Crippen LogP contribution >= 0.6 is 0 Å². The summed E-state index contributed by atoms with van der Waals surface area (Å²) in [5.41, 5.74) is 1.05. The molecule has 0 saturated carbocycles. The highest BCUT2D eigenvalue weighted by atomic mass is 14.8. The first-order valence-corrected chi connectivity index (χ1v) is 3.57. The third kappa shape index (κ3) is 4.13. The van der Waals surface area contributed by atoms with Gasteiger partial charge in [-0.2, -0.15) is 0 Å². The maximum absolute atomic E-state index is 7.02. The summed E-state index contributed by atoms with van der Waals surface area (Å²) in [6.45, 7) is 4.29. The lowest BCUT2D eigenvalue weighted by Gasteiger charge is -2.03. The second-order valence-corrected chi connectivity index (χ2v) is 2.75. The van der Waals surface area contributed by atoms with Gasteiger partial charge in [-0.05, 0) is 17.9 Å². The van der Waals surface area contributed by atoms with Crippen LogP contribution in [0.4, 0.5) is 0 Å². The van der Waals surface area contributed by atoms with E-state index in [-0.39, 0.29) is 0 Å². The maximum atomic E-state index is 7.02. The molecule has 0 bridgehead atoms. The van der Waals surface area contributed by atoms with Crippen molar-refractivity contribution in [3.8, 4) is 0 Å². The lowest BCUT2D eigenvalue weighted by molar-refractivity contribution is 0.652. The van der Waals surface area contributed by atoms with Crippen molar-refractivity contribution in [3.63, 3.8) is 0 Å². The normalized spacial score (nSPS) is 11.8. The minimum absolute atomic E-state index is 0.626. The number of hydrogen-bond acceptors (Lipinski definition) is 2. The van der Waals surface area contributed by atoms with Crippen molar-refractivity contribution in [2.45, 2.75) is 20.3 Å². The molecule has 2 N–H and O–H groups in total. The van der Waals surface area contributed by atoms with Gasteiger partial charge >= 0.3 is 0 Å². The van der Waals surface area contributed by atoms with Crippen molar-refractivity contribution < 1.29 is 0 Å². The molecule has 58 valence electrons. The number of rotatable bonds is 4. The van der Waals surface area contributed by atoms with E-state index in [1.165, 1.54) is 6.21 Å². The Morgan fingerprint density at radius 1 is 1.60 bits per heavy atom. The Morgan fingerprint density at radius 3 is 2.50 bits per heavy atom. The van der Waals surface area contributed by atoms with Gasteiger partial charge in [0.15, 0.2) is 0 Å². The quantitative estimate of drug-likeness (QED) is 0.574. The summed E-state index contributed by atoms with van der Waals surface area (Å²) in [6.07, 6.45) is 4.24. The molecular weight excluding hydrogens is 124 g/mol. The molecule has 0 rings (SSSR count). The van der Waals surface area contributed by atoms with Crippen molar-refractivity contribution >= 4 is 6.21 Å². The molecule has 0 amide bonds. The van der Waals surface area contributed by atoms with Gasteiger partial charge in [-0.15, -0.1) is 0 Å². The zero-order chi connectivity index (χ0) is 7.98. The lowest BCUT2D eigenvalue weighted by atomic mass is 10.1. The van der Waals surface area contributed by atoms with E-state index in [2.05, 4.69) is 19.2 Å². The SMILES string of the molecule is CN/C=C(\C=N)CC(C)C. The second kappa shape index (κ2) is 5.03. The first-order valence-electron chi connectivity index (χ1n) is 3.57. The minimum Gasteiger partial charge on any atom is -0.394 e. The lowest BCUT2D eigenvalue weighted by Crippen LogP contribution is -2.00. The van der Waals surface area contributed by atoms with Gasteiger partial charge in [-0.3, -0.25) is 0 Å². The highest BCUT2D eigenvalue weighted by Gasteiger charge is 1.96. The van der Waals surface area contributed by atoms with E-state index in [9.17, 15) is 0 Å². The summed E-state index contributed by atoms with van der Waals surface area (Å²) in [5, 5.41) is 9.93. The molecule has 0 saturated heterocycles. The Kier molecular flexibility index (Phi) is 4.63. The average Bonchev–Trinajstić information content (AvgIpc) is 1.86. The molecule has 0 aromatic heterocycles. The molecule has 0 aromatic rings. The van der Waals surface area contributed by atoms with Gasteiger partial charge in [0.2, 0.25) is 0 Å². The molecule has 0 fully saturated rings. The van der Waals surface area contributed by atoms with Gasteiger partial charge in [-0.1, -0.05) is 13.8 Å². The van der Waals surface area contributed by atoms with Crippen molar-refractivity contribution in [2.75, 3.05) is 7.05 Å². The predicted octanol–water partition coefficient (Wildman–Crippen LogP) is 1.79. The molecule has 2 nitrogen and oxygen atoms in total. The van der Waals surface area contributed by atoms with E-state index < -0.39 is 0 Å². The zero-order valence-electron chi connectivity index (χ0n) is 6.94. The molecule has 0 aliphatic heterocycles. The molecule has 2 heteroatoms. The topological polar surface area (TPSA) is 35.9 Å². The first-order chi connectivity index (χ1) is 4.70. The van der Waals surface area contributed by atoms with E-state index in [0.717, 1.165) is 12.0 Å². The number of allylic oxidation sites excluding steroid dienone is 1. The third-order valence-corrected chi connectivity index (χ3v) is 1.16. The fourth-order valence-electron chi connectivity index (χ4n) is 0.816. The van der Waals surface area contributed by atoms with E-state index in [1.807, 2.05) is 13.2 Å². The maximum Gasteiger partial charge on any atom is 0.0224 e. The largest absolute Gasteiger partial charge is 0.394 e. The Morgan fingerprint density at radius 2 is 2.20 bits per heavy atom. The third-order valence-electron chi connectivity index (χ3n) is 1.16. The van der Waals surface area contributed by atoms with Crippen molar-refractivity contribution in [1.82, 2.24) is 5.32 Å². The summed E-state index contributed by atoms with van der Waals surface area (Å²) in [5.74, 6) is 0.626. The van der Waals surface area contributed by atoms with Crippen LogP contribution in [0, 0.1) is 11.3 Å². The van der Waals surface area contributed by atoms with Crippen LogP contribution in [-0.4, -0.2) is 13.3 Å². The predicted molar refractivity (Wildman–Crippen MR) is 45.4 cm³/mol. The van der Waals surface area contributed by atoms with E-state index in [0.29, 0.717) is 5.92 Å². The molecule has 0 radical (unpaired) electrons. The van der Waals surface area contributed by atoms with Crippen molar-refractivity contribution in [2.24, 2.45) is 5.92 Å². The van der Waals surface area contributed by atoms with Crippen molar-refractivity contribution in [1.29, 1.82) is 5.41 Å². The van der Waals surface area contributed by atoms with Gasteiger partial charge < -0.3 is 10.7 Å². The van der Waals surface area contributed by atoms with E-state index >= 15 is 0 Å². The van der Waals surface area contributed by atoms with Crippen LogP contribution in [0.1, 0.15) is 20.3 Å². The van der Waals surface area contributed by atoms with E-state index in [1.54, 1.807) is 0 Å². The van der Waals surface area contributed by atoms with Crippen LogP contribution < -0.4 is 5.32 Å². The Balaban J connectivity index is 3.83. The van der Waals surface area contributed by atoms with Crippen LogP contribution in [0.5, 0.6) is 0 Å². The molecule has 0 unspecified atom stereocenters.